The van der Waals surface area contributed by atoms with Gasteiger partial charge in [-0.15, -0.1) is 11.8 Å². The zero-order valence-electron chi connectivity index (χ0n) is 11.1. The molecule has 0 aliphatic carbocycles. The van der Waals surface area contributed by atoms with E-state index < -0.39 is 0 Å². The first-order chi connectivity index (χ1) is 10.1. The van der Waals surface area contributed by atoms with Crippen LogP contribution in [0.4, 0.5) is 8.78 Å². The summed E-state index contributed by atoms with van der Waals surface area (Å²) in [5, 5.41) is 2.90. The number of carbonyl (C=O) groups is 1. The van der Waals surface area contributed by atoms with Gasteiger partial charge in [0.05, 0.1) is 6.04 Å². The predicted octanol–water partition coefficient (Wildman–Crippen LogP) is 3.93. The fourth-order valence-corrected chi connectivity index (χ4v) is 3.52. The van der Waals surface area contributed by atoms with Crippen LogP contribution in [0.5, 0.6) is 0 Å². The van der Waals surface area contributed by atoms with Gasteiger partial charge in [0, 0.05) is 16.2 Å². The highest BCUT2D eigenvalue weighted by Crippen LogP contribution is 2.37. The summed E-state index contributed by atoms with van der Waals surface area (Å²) >= 11 is 1.47. The summed E-state index contributed by atoms with van der Waals surface area (Å²) < 4.78 is 26.6. The van der Waals surface area contributed by atoms with Crippen molar-refractivity contribution in [1.29, 1.82) is 0 Å². The van der Waals surface area contributed by atoms with E-state index >= 15 is 0 Å². The molecule has 21 heavy (non-hydrogen) atoms. The lowest BCUT2D eigenvalue weighted by Gasteiger charge is -2.26. The number of fused-ring (bicyclic) bond motifs is 1. The Morgan fingerprint density at radius 3 is 2.67 bits per heavy atom. The van der Waals surface area contributed by atoms with Crippen LogP contribution in [0, 0.1) is 11.6 Å². The molecule has 0 saturated carbocycles. The van der Waals surface area contributed by atoms with Crippen molar-refractivity contribution >= 4 is 17.7 Å². The minimum absolute atomic E-state index is 0.213. The number of amides is 1. The fraction of sp³-hybridized carbons (Fsp3) is 0.188. The monoisotopic (exact) mass is 305 g/mol. The molecule has 3 rings (SSSR count). The van der Waals surface area contributed by atoms with Crippen LogP contribution in [0.3, 0.4) is 0 Å². The number of hydrogen-bond donors (Lipinski definition) is 1. The van der Waals surface area contributed by atoms with Gasteiger partial charge < -0.3 is 5.32 Å². The second-order valence-electron chi connectivity index (χ2n) is 4.83. The molecular weight excluding hydrogens is 292 g/mol. The Morgan fingerprint density at radius 1 is 1.14 bits per heavy atom. The lowest BCUT2D eigenvalue weighted by atomic mass is 10.0. The van der Waals surface area contributed by atoms with E-state index in [2.05, 4.69) is 5.32 Å². The summed E-state index contributed by atoms with van der Waals surface area (Å²) in [6.07, 6.45) is 0.744. The van der Waals surface area contributed by atoms with Crippen LogP contribution in [0.25, 0.3) is 0 Å². The predicted molar refractivity (Wildman–Crippen MR) is 78.3 cm³/mol. The molecule has 108 valence electrons. The third kappa shape index (κ3) is 2.93. The number of benzene rings is 2. The largest absolute Gasteiger partial charge is 0.345 e. The Morgan fingerprint density at radius 2 is 1.90 bits per heavy atom. The molecule has 1 aliphatic heterocycles. The number of hydrogen-bond acceptors (Lipinski definition) is 2. The summed E-state index contributed by atoms with van der Waals surface area (Å²) in [5.41, 5.74) is 1.20. The number of halogens is 2. The highest BCUT2D eigenvalue weighted by Gasteiger charge is 2.24. The number of carbonyl (C=O) groups excluding carboxylic acids is 1. The first kappa shape index (κ1) is 14.1. The normalized spacial score (nSPS) is 17.1. The third-order valence-electron chi connectivity index (χ3n) is 3.44. The molecule has 0 aromatic heterocycles. The Kier molecular flexibility index (Phi) is 3.92. The zero-order valence-corrected chi connectivity index (χ0v) is 11.9. The maximum absolute atomic E-state index is 13.8. The molecule has 1 atom stereocenters. The Labute approximate surface area is 125 Å². The van der Waals surface area contributed by atoms with Gasteiger partial charge in [-0.3, -0.25) is 4.79 Å². The molecule has 0 saturated heterocycles. The minimum atomic E-state index is -0.381. The van der Waals surface area contributed by atoms with E-state index in [1.807, 2.05) is 6.07 Å². The van der Waals surface area contributed by atoms with Crippen LogP contribution >= 0.6 is 11.8 Å². The molecule has 1 heterocycles. The number of thioether (sulfide) groups is 1. The molecule has 0 bridgehead atoms. The van der Waals surface area contributed by atoms with Gasteiger partial charge in [0.25, 0.3) is 5.91 Å². The first-order valence-electron chi connectivity index (χ1n) is 6.63. The molecule has 2 nitrogen and oxygen atoms in total. The van der Waals surface area contributed by atoms with Crippen LogP contribution in [0.15, 0.2) is 47.4 Å². The van der Waals surface area contributed by atoms with Gasteiger partial charge in [-0.1, -0.05) is 12.1 Å². The van der Waals surface area contributed by atoms with E-state index in [-0.39, 0.29) is 23.6 Å². The van der Waals surface area contributed by atoms with Gasteiger partial charge in [-0.2, -0.15) is 0 Å². The lowest BCUT2D eigenvalue weighted by Crippen LogP contribution is -2.30. The second kappa shape index (κ2) is 5.85. The van der Waals surface area contributed by atoms with Gasteiger partial charge in [0.1, 0.15) is 11.6 Å². The molecule has 2 aromatic carbocycles. The average molecular weight is 305 g/mol. The van der Waals surface area contributed by atoms with E-state index in [0.717, 1.165) is 17.7 Å². The van der Waals surface area contributed by atoms with Crippen molar-refractivity contribution in [3.63, 3.8) is 0 Å². The van der Waals surface area contributed by atoms with Crippen molar-refractivity contribution in [2.24, 2.45) is 0 Å². The minimum Gasteiger partial charge on any atom is -0.345 e. The maximum atomic E-state index is 13.8. The molecule has 1 amide bonds. The van der Waals surface area contributed by atoms with E-state index in [1.165, 1.54) is 42.1 Å². The van der Waals surface area contributed by atoms with Crippen molar-refractivity contribution < 1.29 is 13.6 Å². The van der Waals surface area contributed by atoms with Crippen LogP contribution in [-0.2, 0) is 0 Å². The Bertz CT molecular complexity index is 672. The van der Waals surface area contributed by atoms with Crippen molar-refractivity contribution in [2.75, 3.05) is 5.75 Å². The summed E-state index contributed by atoms with van der Waals surface area (Å²) in [6.45, 7) is 0. The third-order valence-corrected chi connectivity index (χ3v) is 4.60. The second-order valence-corrected chi connectivity index (χ2v) is 5.93. The quantitative estimate of drug-likeness (QED) is 0.911. The van der Waals surface area contributed by atoms with Crippen LogP contribution in [-0.4, -0.2) is 11.7 Å². The van der Waals surface area contributed by atoms with Crippen LogP contribution in [0.2, 0.25) is 0 Å². The summed E-state index contributed by atoms with van der Waals surface area (Å²) in [7, 11) is 0. The molecule has 1 aliphatic rings. The lowest BCUT2D eigenvalue weighted by molar-refractivity contribution is 0.0934. The fourth-order valence-electron chi connectivity index (χ4n) is 2.38. The van der Waals surface area contributed by atoms with Crippen molar-refractivity contribution in [1.82, 2.24) is 5.32 Å². The van der Waals surface area contributed by atoms with E-state index in [0.29, 0.717) is 10.5 Å². The van der Waals surface area contributed by atoms with Gasteiger partial charge in [0.2, 0.25) is 0 Å². The highest BCUT2D eigenvalue weighted by atomic mass is 32.2. The summed E-state index contributed by atoms with van der Waals surface area (Å²) in [6, 6.07) is 10.1. The van der Waals surface area contributed by atoms with Crippen LogP contribution in [0.1, 0.15) is 28.4 Å². The maximum Gasteiger partial charge on any atom is 0.251 e. The Balaban J connectivity index is 1.82. The molecule has 1 N–H and O–H groups in total. The molecular formula is C16H13F2NOS. The van der Waals surface area contributed by atoms with Gasteiger partial charge >= 0.3 is 0 Å². The topological polar surface area (TPSA) is 29.1 Å². The number of nitrogens with one attached hydrogen (secondary N) is 1. The van der Waals surface area contributed by atoms with E-state index in [9.17, 15) is 13.6 Å². The van der Waals surface area contributed by atoms with Crippen LogP contribution < -0.4 is 5.32 Å². The summed E-state index contributed by atoms with van der Waals surface area (Å²) in [4.78, 5) is 12.8. The number of rotatable bonds is 2. The SMILES string of the molecule is O=C(N[C@@H]1CCSc2c(F)cccc21)c1ccc(F)cc1. The first-order valence-corrected chi connectivity index (χ1v) is 7.61. The Hall–Kier alpha value is -1.88. The smallest absolute Gasteiger partial charge is 0.251 e. The average Bonchev–Trinajstić information content (AvgIpc) is 2.49. The van der Waals surface area contributed by atoms with Crippen molar-refractivity contribution in [2.45, 2.75) is 17.4 Å². The standard InChI is InChI=1S/C16H13F2NOS/c17-11-6-4-10(5-7-11)16(20)19-14-8-9-21-15-12(14)2-1-3-13(15)18/h1-7,14H,8-9H2,(H,19,20)/t14-/m1/s1. The van der Waals surface area contributed by atoms with E-state index in [1.54, 1.807) is 6.07 Å². The highest BCUT2D eigenvalue weighted by molar-refractivity contribution is 7.99. The van der Waals surface area contributed by atoms with Gasteiger partial charge in [0.15, 0.2) is 0 Å². The van der Waals surface area contributed by atoms with Gasteiger partial charge in [-0.25, -0.2) is 8.78 Å². The summed E-state index contributed by atoms with van der Waals surface area (Å²) in [5.74, 6) is -0.157. The molecule has 5 heteroatoms. The van der Waals surface area contributed by atoms with Gasteiger partial charge in [-0.05, 0) is 42.3 Å². The molecule has 0 radical (unpaired) electrons. The van der Waals surface area contributed by atoms with Crippen molar-refractivity contribution in [3.8, 4) is 0 Å². The zero-order chi connectivity index (χ0) is 14.8. The van der Waals surface area contributed by atoms with E-state index in [4.69, 9.17) is 0 Å². The molecule has 0 unspecified atom stereocenters. The molecule has 2 aromatic rings. The molecule has 0 fully saturated rings. The van der Waals surface area contributed by atoms with Crippen molar-refractivity contribution in [3.05, 3.63) is 65.2 Å². The molecule has 0 spiro atoms.